The van der Waals surface area contributed by atoms with Crippen LogP contribution in [0.25, 0.3) is 0 Å². The predicted octanol–water partition coefficient (Wildman–Crippen LogP) is 0.105. The first-order chi connectivity index (χ1) is 8.61. The number of carbonyl (C=O) groups is 1. The number of nitrogens with two attached hydrogens (primary N) is 1. The molecule has 0 spiro atoms. The number of likely N-dealkylation sites (N-methyl/N-ethyl adjacent to an activating group) is 1. The van der Waals surface area contributed by atoms with Gasteiger partial charge in [-0.05, 0) is 26.1 Å². The minimum absolute atomic E-state index is 0.0334. The van der Waals surface area contributed by atoms with Crippen molar-refractivity contribution in [1.82, 2.24) is 14.8 Å². The van der Waals surface area contributed by atoms with Gasteiger partial charge in [-0.25, -0.2) is 0 Å². The first-order valence-electron chi connectivity index (χ1n) is 6.24. The van der Waals surface area contributed by atoms with Crippen molar-refractivity contribution in [1.29, 1.82) is 0 Å². The SMILES string of the molecule is Cc1ccc(C(=O)N2CCN(C)CC2CN)cn1. The van der Waals surface area contributed by atoms with Gasteiger partial charge in [0.15, 0.2) is 0 Å². The third-order valence-electron chi connectivity index (χ3n) is 3.38. The lowest BCUT2D eigenvalue weighted by molar-refractivity contribution is 0.0515. The van der Waals surface area contributed by atoms with Gasteiger partial charge in [0.1, 0.15) is 0 Å². The van der Waals surface area contributed by atoms with Gasteiger partial charge in [0.2, 0.25) is 0 Å². The molecule has 0 aromatic carbocycles. The molecule has 1 unspecified atom stereocenters. The number of hydrogen-bond donors (Lipinski definition) is 1. The third kappa shape index (κ3) is 2.68. The molecule has 2 rings (SSSR count). The molecule has 5 nitrogen and oxygen atoms in total. The maximum Gasteiger partial charge on any atom is 0.255 e. The van der Waals surface area contributed by atoms with E-state index in [0.29, 0.717) is 12.1 Å². The van der Waals surface area contributed by atoms with Crippen LogP contribution in [0.15, 0.2) is 18.3 Å². The molecule has 1 aliphatic heterocycles. The number of pyridine rings is 1. The lowest BCUT2D eigenvalue weighted by Gasteiger charge is -2.39. The summed E-state index contributed by atoms with van der Waals surface area (Å²) in [5, 5.41) is 0. The van der Waals surface area contributed by atoms with E-state index in [0.717, 1.165) is 25.3 Å². The Balaban J connectivity index is 2.14. The number of rotatable bonds is 2. The normalized spacial score (nSPS) is 21.1. The second-order valence-corrected chi connectivity index (χ2v) is 4.84. The first-order valence-corrected chi connectivity index (χ1v) is 6.24. The summed E-state index contributed by atoms with van der Waals surface area (Å²) in [6.45, 7) is 4.86. The van der Waals surface area contributed by atoms with E-state index in [-0.39, 0.29) is 11.9 Å². The molecule has 1 amide bonds. The minimum atomic E-state index is 0.0334. The fourth-order valence-electron chi connectivity index (χ4n) is 2.24. The molecule has 1 aromatic rings. The Morgan fingerprint density at radius 3 is 2.89 bits per heavy atom. The Hall–Kier alpha value is -1.46. The molecule has 2 heterocycles. The Kier molecular flexibility index (Phi) is 3.93. The minimum Gasteiger partial charge on any atom is -0.332 e. The van der Waals surface area contributed by atoms with Gasteiger partial charge in [0.25, 0.3) is 5.91 Å². The predicted molar refractivity (Wildman–Crippen MR) is 70.3 cm³/mol. The molecule has 0 bridgehead atoms. The number of hydrogen-bond acceptors (Lipinski definition) is 4. The van der Waals surface area contributed by atoms with Crippen LogP contribution < -0.4 is 5.73 Å². The number of nitrogens with zero attached hydrogens (tertiary/aromatic N) is 3. The van der Waals surface area contributed by atoms with Gasteiger partial charge in [-0.1, -0.05) is 0 Å². The Labute approximate surface area is 108 Å². The fraction of sp³-hybridized carbons (Fsp3) is 0.538. The average molecular weight is 248 g/mol. The Bertz CT molecular complexity index is 418. The quantitative estimate of drug-likeness (QED) is 0.806. The molecule has 1 saturated heterocycles. The van der Waals surface area contributed by atoms with E-state index < -0.39 is 0 Å². The van der Waals surface area contributed by atoms with Crippen molar-refractivity contribution in [2.24, 2.45) is 5.73 Å². The number of aromatic nitrogens is 1. The molecular weight excluding hydrogens is 228 g/mol. The summed E-state index contributed by atoms with van der Waals surface area (Å²) in [4.78, 5) is 20.6. The zero-order valence-electron chi connectivity index (χ0n) is 11.0. The van der Waals surface area contributed by atoms with Crippen LogP contribution in [0.3, 0.4) is 0 Å². The van der Waals surface area contributed by atoms with Crippen molar-refractivity contribution in [3.8, 4) is 0 Å². The zero-order chi connectivity index (χ0) is 13.1. The highest BCUT2D eigenvalue weighted by molar-refractivity contribution is 5.94. The van der Waals surface area contributed by atoms with E-state index in [9.17, 15) is 4.79 Å². The molecule has 1 atom stereocenters. The summed E-state index contributed by atoms with van der Waals surface area (Å²) in [5.74, 6) is 0.0334. The monoisotopic (exact) mass is 248 g/mol. The lowest BCUT2D eigenvalue weighted by Crippen LogP contribution is -2.56. The standard InChI is InChI=1S/C13H20N4O/c1-10-3-4-11(8-15-10)13(18)17-6-5-16(2)9-12(17)7-14/h3-4,8,12H,5-7,9,14H2,1-2H3. The van der Waals surface area contributed by atoms with Gasteiger partial charge in [-0.15, -0.1) is 0 Å². The van der Waals surface area contributed by atoms with Crippen molar-refractivity contribution in [2.45, 2.75) is 13.0 Å². The van der Waals surface area contributed by atoms with Crippen molar-refractivity contribution in [3.63, 3.8) is 0 Å². The summed E-state index contributed by atoms with van der Waals surface area (Å²) >= 11 is 0. The van der Waals surface area contributed by atoms with E-state index in [2.05, 4.69) is 16.9 Å². The van der Waals surface area contributed by atoms with Crippen molar-refractivity contribution in [3.05, 3.63) is 29.6 Å². The smallest absolute Gasteiger partial charge is 0.255 e. The zero-order valence-corrected chi connectivity index (χ0v) is 11.0. The van der Waals surface area contributed by atoms with Crippen LogP contribution >= 0.6 is 0 Å². The van der Waals surface area contributed by atoms with E-state index in [1.807, 2.05) is 24.0 Å². The van der Waals surface area contributed by atoms with Crippen LogP contribution in [-0.2, 0) is 0 Å². The molecule has 18 heavy (non-hydrogen) atoms. The van der Waals surface area contributed by atoms with Gasteiger partial charge in [-0.3, -0.25) is 9.78 Å². The summed E-state index contributed by atoms with van der Waals surface area (Å²) in [5.41, 5.74) is 7.32. The summed E-state index contributed by atoms with van der Waals surface area (Å²) in [6, 6.07) is 3.79. The average Bonchev–Trinajstić information content (AvgIpc) is 2.38. The molecule has 1 aromatic heterocycles. The third-order valence-corrected chi connectivity index (χ3v) is 3.38. The molecule has 0 radical (unpaired) electrons. The van der Waals surface area contributed by atoms with Gasteiger partial charge in [-0.2, -0.15) is 0 Å². The Morgan fingerprint density at radius 2 is 2.28 bits per heavy atom. The van der Waals surface area contributed by atoms with Crippen molar-refractivity contribution in [2.75, 3.05) is 33.2 Å². The highest BCUT2D eigenvalue weighted by Crippen LogP contribution is 2.12. The van der Waals surface area contributed by atoms with Crippen LogP contribution in [0.5, 0.6) is 0 Å². The van der Waals surface area contributed by atoms with E-state index in [1.165, 1.54) is 0 Å². The number of piperazine rings is 1. The molecule has 2 N–H and O–H groups in total. The van der Waals surface area contributed by atoms with Crippen LogP contribution in [0, 0.1) is 6.92 Å². The topological polar surface area (TPSA) is 62.5 Å². The van der Waals surface area contributed by atoms with E-state index in [1.54, 1.807) is 6.20 Å². The second-order valence-electron chi connectivity index (χ2n) is 4.84. The number of aryl methyl sites for hydroxylation is 1. The highest BCUT2D eigenvalue weighted by Gasteiger charge is 2.28. The van der Waals surface area contributed by atoms with Gasteiger partial charge >= 0.3 is 0 Å². The Morgan fingerprint density at radius 1 is 1.50 bits per heavy atom. The first kappa shape index (κ1) is 13.0. The molecule has 0 aliphatic carbocycles. The lowest BCUT2D eigenvalue weighted by atomic mass is 10.1. The molecule has 0 saturated carbocycles. The molecule has 98 valence electrons. The molecule has 5 heteroatoms. The van der Waals surface area contributed by atoms with Crippen molar-refractivity contribution >= 4 is 5.91 Å². The number of carbonyl (C=O) groups excluding carboxylic acids is 1. The summed E-state index contributed by atoms with van der Waals surface area (Å²) in [6.07, 6.45) is 1.64. The highest BCUT2D eigenvalue weighted by atomic mass is 16.2. The summed E-state index contributed by atoms with van der Waals surface area (Å²) < 4.78 is 0. The van der Waals surface area contributed by atoms with Crippen molar-refractivity contribution < 1.29 is 4.79 Å². The van der Waals surface area contributed by atoms with Crippen LogP contribution in [0.2, 0.25) is 0 Å². The summed E-state index contributed by atoms with van der Waals surface area (Å²) in [7, 11) is 2.05. The van der Waals surface area contributed by atoms with Crippen LogP contribution in [0.4, 0.5) is 0 Å². The number of amides is 1. The molecule has 1 fully saturated rings. The van der Waals surface area contributed by atoms with Gasteiger partial charge in [0.05, 0.1) is 11.6 Å². The van der Waals surface area contributed by atoms with E-state index >= 15 is 0 Å². The van der Waals surface area contributed by atoms with Gasteiger partial charge < -0.3 is 15.5 Å². The largest absolute Gasteiger partial charge is 0.332 e. The maximum absolute atomic E-state index is 12.4. The fourth-order valence-corrected chi connectivity index (χ4v) is 2.24. The maximum atomic E-state index is 12.4. The van der Waals surface area contributed by atoms with Crippen LogP contribution in [0.1, 0.15) is 16.1 Å². The van der Waals surface area contributed by atoms with Crippen LogP contribution in [-0.4, -0.2) is 60.0 Å². The molecular formula is C13H20N4O. The van der Waals surface area contributed by atoms with E-state index in [4.69, 9.17) is 5.73 Å². The van der Waals surface area contributed by atoms with Gasteiger partial charge in [0, 0.05) is 38.1 Å². The molecule has 1 aliphatic rings. The second kappa shape index (κ2) is 5.46.